The number of halogens is 1. The Bertz CT molecular complexity index is 544. The number of likely N-dealkylation sites (tertiary alicyclic amines) is 1. The third-order valence-corrected chi connectivity index (χ3v) is 5.88. The smallest absolute Gasteiger partial charge is 0.191 e. The molecule has 7 heteroatoms. The Hall–Kier alpha value is -0.380. The van der Waals surface area contributed by atoms with Crippen molar-refractivity contribution in [1.29, 1.82) is 0 Å². The predicted octanol–water partition coefficient (Wildman–Crippen LogP) is 3.52. The summed E-state index contributed by atoms with van der Waals surface area (Å²) in [4.78, 5) is 10.2. The first-order valence-electron chi connectivity index (χ1n) is 9.92. The van der Waals surface area contributed by atoms with Crippen molar-refractivity contribution < 1.29 is 4.74 Å². The molecule has 5 nitrogen and oxygen atoms in total. The van der Waals surface area contributed by atoms with Crippen molar-refractivity contribution in [1.82, 2.24) is 15.5 Å². The largest absolute Gasteiger partial charge is 0.383 e. The summed E-state index contributed by atoms with van der Waals surface area (Å²) in [7, 11) is 1.78. The molecule has 0 radical (unpaired) electrons. The molecule has 2 N–H and O–H groups in total. The fourth-order valence-electron chi connectivity index (χ4n) is 3.33. The first-order chi connectivity index (χ1) is 12.6. The van der Waals surface area contributed by atoms with Crippen LogP contribution in [-0.4, -0.2) is 63.3 Å². The van der Waals surface area contributed by atoms with Gasteiger partial charge < -0.3 is 20.3 Å². The van der Waals surface area contributed by atoms with Crippen LogP contribution in [0, 0.1) is 12.8 Å². The first-order valence-corrected chi connectivity index (χ1v) is 10.7. The average Bonchev–Trinajstić information content (AvgIpc) is 3.03. The van der Waals surface area contributed by atoms with Crippen molar-refractivity contribution in [2.45, 2.75) is 46.1 Å². The number of hydrogen-bond acceptors (Lipinski definition) is 4. The van der Waals surface area contributed by atoms with Gasteiger partial charge in [-0.1, -0.05) is 0 Å². The van der Waals surface area contributed by atoms with Gasteiger partial charge in [-0.2, -0.15) is 0 Å². The number of nitrogens with zero attached hydrogens (tertiary/aromatic N) is 2. The minimum Gasteiger partial charge on any atom is -0.383 e. The van der Waals surface area contributed by atoms with E-state index in [1.807, 2.05) is 11.3 Å². The second kappa shape index (κ2) is 13.7. The van der Waals surface area contributed by atoms with Crippen molar-refractivity contribution in [3.63, 3.8) is 0 Å². The summed E-state index contributed by atoms with van der Waals surface area (Å²) in [5.74, 6) is 1.65. The van der Waals surface area contributed by atoms with Crippen LogP contribution < -0.4 is 10.6 Å². The van der Waals surface area contributed by atoms with E-state index < -0.39 is 0 Å². The number of ether oxygens (including phenoxy) is 1. The van der Waals surface area contributed by atoms with E-state index in [2.05, 4.69) is 48.4 Å². The van der Waals surface area contributed by atoms with E-state index in [4.69, 9.17) is 9.73 Å². The normalized spacial score (nSPS) is 17.4. The van der Waals surface area contributed by atoms with Crippen LogP contribution in [-0.2, 0) is 11.2 Å². The predicted molar refractivity (Wildman–Crippen MR) is 128 cm³/mol. The molecule has 1 atom stereocenters. The Balaban J connectivity index is 0.00000364. The maximum atomic E-state index is 5.18. The number of aryl methyl sites for hydroxylation is 1. The highest BCUT2D eigenvalue weighted by molar-refractivity contribution is 14.0. The van der Waals surface area contributed by atoms with E-state index in [1.165, 1.54) is 35.7 Å². The summed E-state index contributed by atoms with van der Waals surface area (Å²) in [6, 6.07) is 4.81. The second-order valence-electron chi connectivity index (χ2n) is 7.26. The monoisotopic (exact) mass is 508 g/mol. The number of hydrogen-bond donors (Lipinski definition) is 2. The minimum atomic E-state index is 0. The maximum absolute atomic E-state index is 5.18. The topological polar surface area (TPSA) is 48.9 Å². The van der Waals surface area contributed by atoms with Crippen molar-refractivity contribution in [2.24, 2.45) is 10.9 Å². The highest BCUT2D eigenvalue weighted by Crippen LogP contribution is 2.18. The van der Waals surface area contributed by atoms with Gasteiger partial charge in [0.1, 0.15) is 0 Å². The Labute approximate surface area is 186 Å². The fraction of sp³-hybridized carbons (Fsp3) is 0.750. The van der Waals surface area contributed by atoms with Gasteiger partial charge in [0.05, 0.1) is 6.61 Å². The van der Waals surface area contributed by atoms with Crippen LogP contribution in [0.3, 0.4) is 0 Å². The molecule has 1 aromatic rings. The summed E-state index contributed by atoms with van der Waals surface area (Å²) in [5.41, 5.74) is 0. The molecule has 1 fully saturated rings. The third kappa shape index (κ3) is 9.58. The summed E-state index contributed by atoms with van der Waals surface area (Å²) in [6.07, 6.45) is 3.51. The fourth-order valence-corrected chi connectivity index (χ4v) is 4.35. The second-order valence-corrected chi connectivity index (χ2v) is 8.63. The standard InChI is InChI=1S/C20H36N4OS.HI/c1-5-21-20(23-16(2)14-19-7-6-17(3)26-19)22-15-18-8-10-24(11-9-18)12-13-25-4;/h6-7,16,18H,5,8-15H2,1-4H3,(H2,21,22,23);1H. The van der Waals surface area contributed by atoms with Gasteiger partial charge in [0, 0.05) is 49.0 Å². The van der Waals surface area contributed by atoms with E-state index >= 15 is 0 Å². The summed E-state index contributed by atoms with van der Waals surface area (Å²) in [5, 5.41) is 6.97. The van der Waals surface area contributed by atoms with Crippen LogP contribution in [0.25, 0.3) is 0 Å². The molecule has 0 amide bonds. The maximum Gasteiger partial charge on any atom is 0.191 e. The van der Waals surface area contributed by atoms with Gasteiger partial charge in [0.25, 0.3) is 0 Å². The van der Waals surface area contributed by atoms with Crippen LogP contribution in [0.1, 0.15) is 36.4 Å². The van der Waals surface area contributed by atoms with Crippen LogP contribution in [0.2, 0.25) is 0 Å². The lowest BCUT2D eigenvalue weighted by molar-refractivity contribution is 0.121. The van der Waals surface area contributed by atoms with Gasteiger partial charge in [0.2, 0.25) is 0 Å². The van der Waals surface area contributed by atoms with E-state index in [9.17, 15) is 0 Å². The molecule has 1 aliphatic rings. The molecule has 1 unspecified atom stereocenters. The molecule has 1 aliphatic heterocycles. The molecule has 0 bridgehead atoms. The van der Waals surface area contributed by atoms with E-state index in [0.29, 0.717) is 12.0 Å². The van der Waals surface area contributed by atoms with Gasteiger partial charge in [0.15, 0.2) is 5.96 Å². The van der Waals surface area contributed by atoms with Crippen molar-refractivity contribution in [3.8, 4) is 0 Å². The third-order valence-electron chi connectivity index (χ3n) is 4.86. The lowest BCUT2D eigenvalue weighted by Gasteiger charge is -2.31. The Kier molecular flexibility index (Phi) is 12.5. The van der Waals surface area contributed by atoms with Gasteiger partial charge in [-0.05, 0) is 64.8 Å². The van der Waals surface area contributed by atoms with Crippen LogP contribution in [0.4, 0.5) is 0 Å². The number of nitrogens with one attached hydrogen (secondary N) is 2. The van der Waals surface area contributed by atoms with Crippen molar-refractivity contribution >= 4 is 41.3 Å². The minimum absolute atomic E-state index is 0. The van der Waals surface area contributed by atoms with Gasteiger partial charge in [-0.15, -0.1) is 35.3 Å². The highest BCUT2D eigenvalue weighted by Gasteiger charge is 2.19. The zero-order valence-electron chi connectivity index (χ0n) is 17.3. The zero-order valence-corrected chi connectivity index (χ0v) is 20.4. The van der Waals surface area contributed by atoms with Gasteiger partial charge in [-0.25, -0.2) is 0 Å². The van der Waals surface area contributed by atoms with E-state index in [1.54, 1.807) is 7.11 Å². The molecular weight excluding hydrogens is 471 g/mol. The summed E-state index contributed by atoms with van der Waals surface area (Å²) in [6.45, 7) is 12.6. The molecule has 2 heterocycles. The Morgan fingerprint density at radius 3 is 2.70 bits per heavy atom. The van der Waals surface area contributed by atoms with E-state index in [0.717, 1.165) is 38.6 Å². The summed E-state index contributed by atoms with van der Waals surface area (Å²) >= 11 is 1.88. The number of guanidine groups is 1. The summed E-state index contributed by atoms with van der Waals surface area (Å²) < 4.78 is 5.18. The van der Waals surface area contributed by atoms with Crippen molar-refractivity contribution in [3.05, 3.63) is 21.9 Å². The number of rotatable bonds is 9. The van der Waals surface area contributed by atoms with Crippen LogP contribution in [0.15, 0.2) is 17.1 Å². The number of methoxy groups -OCH3 is 1. The molecule has 0 aliphatic carbocycles. The molecular formula is C20H37IN4OS. The number of piperidine rings is 1. The zero-order chi connectivity index (χ0) is 18.8. The van der Waals surface area contributed by atoms with Crippen molar-refractivity contribution in [2.75, 3.05) is 46.4 Å². The molecule has 1 saturated heterocycles. The average molecular weight is 509 g/mol. The molecule has 0 saturated carbocycles. The number of thiophene rings is 1. The molecule has 27 heavy (non-hydrogen) atoms. The van der Waals surface area contributed by atoms with Crippen LogP contribution >= 0.6 is 35.3 Å². The Morgan fingerprint density at radius 1 is 1.37 bits per heavy atom. The quantitative estimate of drug-likeness (QED) is 0.305. The molecule has 0 spiro atoms. The first kappa shape index (κ1) is 24.7. The highest BCUT2D eigenvalue weighted by atomic mass is 127. The lowest BCUT2D eigenvalue weighted by atomic mass is 9.97. The van der Waals surface area contributed by atoms with E-state index in [-0.39, 0.29) is 24.0 Å². The molecule has 2 rings (SSSR count). The number of aliphatic imine (C=N–C) groups is 1. The molecule has 0 aromatic carbocycles. The lowest BCUT2D eigenvalue weighted by Crippen LogP contribution is -2.43. The van der Waals surface area contributed by atoms with Gasteiger partial charge in [-0.3, -0.25) is 4.99 Å². The Morgan fingerprint density at radius 2 is 2.11 bits per heavy atom. The van der Waals surface area contributed by atoms with Crippen LogP contribution in [0.5, 0.6) is 0 Å². The molecule has 1 aromatic heterocycles. The SMILES string of the molecule is CCNC(=NCC1CCN(CCOC)CC1)NC(C)Cc1ccc(C)s1.I. The molecule has 156 valence electrons. The van der Waals surface area contributed by atoms with Gasteiger partial charge >= 0.3 is 0 Å².